The number of rotatable bonds is 5. The summed E-state index contributed by atoms with van der Waals surface area (Å²) in [5, 5.41) is 0. The zero-order valence-electron chi connectivity index (χ0n) is 10.5. The van der Waals surface area contributed by atoms with Crippen molar-refractivity contribution >= 4 is 12.0 Å². The van der Waals surface area contributed by atoms with Gasteiger partial charge >= 0.3 is 5.97 Å². The Morgan fingerprint density at radius 3 is 2.88 bits per heavy atom. The van der Waals surface area contributed by atoms with Crippen LogP contribution in [0.5, 0.6) is 0 Å². The van der Waals surface area contributed by atoms with Gasteiger partial charge in [-0.25, -0.2) is 0 Å². The van der Waals surface area contributed by atoms with E-state index < -0.39 is 0 Å². The molecule has 3 heteroatoms. The molecule has 0 saturated carbocycles. The molecule has 0 heterocycles. The molecule has 0 bridgehead atoms. The third-order valence-electron chi connectivity index (χ3n) is 2.49. The summed E-state index contributed by atoms with van der Waals surface area (Å²) < 4.78 is 9.86. The quantitative estimate of drug-likeness (QED) is 0.580. The number of hydrogen-bond donors (Lipinski definition) is 0. The summed E-state index contributed by atoms with van der Waals surface area (Å²) in [6.07, 6.45) is 3.53. The number of ether oxygens (including phenoxy) is 2. The fourth-order valence-electron chi connectivity index (χ4n) is 1.47. The fourth-order valence-corrected chi connectivity index (χ4v) is 1.47. The van der Waals surface area contributed by atoms with Gasteiger partial charge in [-0.2, -0.15) is 0 Å². The molecule has 0 saturated heterocycles. The van der Waals surface area contributed by atoms with Crippen LogP contribution in [-0.4, -0.2) is 19.7 Å². The van der Waals surface area contributed by atoms with Crippen molar-refractivity contribution in [3.05, 3.63) is 41.7 Å². The minimum absolute atomic E-state index is 0.226. The summed E-state index contributed by atoms with van der Waals surface area (Å²) >= 11 is 0. The minimum Gasteiger partial charge on any atom is -0.501 e. The van der Waals surface area contributed by atoms with E-state index in [0.717, 1.165) is 11.1 Å². The Morgan fingerprint density at radius 1 is 1.47 bits per heavy atom. The summed E-state index contributed by atoms with van der Waals surface area (Å²) in [4.78, 5) is 11.4. The molecule has 0 radical (unpaired) electrons. The Hall–Kier alpha value is -1.77. The summed E-state index contributed by atoms with van der Waals surface area (Å²) in [5.74, 6) is -0.476. The monoisotopic (exact) mass is 234 g/mol. The van der Waals surface area contributed by atoms with E-state index in [1.54, 1.807) is 6.26 Å². The molecule has 0 aliphatic carbocycles. The molecule has 0 amide bonds. The van der Waals surface area contributed by atoms with Crippen molar-refractivity contribution in [2.24, 2.45) is 0 Å². The predicted octanol–water partition coefficient (Wildman–Crippen LogP) is 2.97. The van der Waals surface area contributed by atoms with Crippen LogP contribution in [0.4, 0.5) is 0 Å². The Bertz CT molecular complexity index is 396. The van der Waals surface area contributed by atoms with Crippen LogP contribution in [0, 0.1) is 0 Å². The van der Waals surface area contributed by atoms with Gasteiger partial charge in [-0.15, -0.1) is 0 Å². The second-order valence-electron chi connectivity index (χ2n) is 3.67. The van der Waals surface area contributed by atoms with Gasteiger partial charge in [0.15, 0.2) is 0 Å². The number of benzene rings is 1. The number of methoxy groups -OCH3 is 1. The highest BCUT2D eigenvalue weighted by Crippen LogP contribution is 2.18. The normalized spacial score (nSPS) is 12.4. The number of esters is 1. The first-order chi connectivity index (χ1) is 8.19. The van der Waals surface area contributed by atoms with Crippen molar-refractivity contribution in [2.75, 3.05) is 13.7 Å². The maximum absolute atomic E-state index is 11.4. The lowest BCUT2D eigenvalue weighted by Gasteiger charge is -2.09. The average Bonchev–Trinajstić information content (AvgIpc) is 2.37. The first-order valence-electron chi connectivity index (χ1n) is 5.65. The lowest BCUT2D eigenvalue weighted by Crippen LogP contribution is -2.10. The second-order valence-corrected chi connectivity index (χ2v) is 3.67. The third kappa shape index (κ3) is 3.94. The SMILES string of the molecule is CCO/C=C/c1cccc(C(C)C(=O)OC)c1. The van der Waals surface area contributed by atoms with Gasteiger partial charge in [-0.1, -0.05) is 24.3 Å². The molecule has 0 aromatic heterocycles. The van der Waals surface area contributed by atoms with Gasteiger partial charge in [0.05, 0.1) is 25.9 Å². The molecular formula is C14H18O3. The maximum Gasteiger partial charge on any atom is 0.312 e. The van der Waals surface area contributed by atoms with Crippen LogP contribution in [0.2, 0.25) is 0 Å². The molecule has 1 atom stereocenters. The Balaban J connectivity index is 2.81. The molecule has 0 aliphatic heterocycles. The molecule has 1 rings (SSSR count). The van der Waals surface area contributed by atoms with Gasteiger partial charge in [0.25, 0.3) is 0 Å². The average molecular weight is 234 g/mol. The Kier molecular flexibility index (Phi) is 5.27. The van der Waals surface area contributed by atoms with E-state index in [-0.39, 0.29) is 11.9 Å². The van der Waals surface area contributed by atoms with Crippen LogP contribution in [0.25, 0.3) is 6.08 Å². The highest BCUT2D eigenvalue weighted by Gasteiger charge is 2.15. The van der Waals surface area contributed by atoms with E-state index in [9.17, 15) is 4.79 Å². The van der Waals surface area contributed by atoms with Crippen LogP contribution >= 0.6 is 0 Å². The topological polar surface area (TPSA) is 35.5 Å². The van der Waals surface area contributed by atoms with Gasteiger partial charge in [0.2, 0.25) is 0 Å². The van der Waals surface area contributed by atoms with Crippen LogP contribution in [0.3, 0.4) is 0 Å². The van der Waals surface area contributed by atoms with Gasteiger partial charge in [-0.05, 0) is 31.1 Å². The molecule has 92 valence electrons. The Labute approximate surface area is 102 Å². The first kappa shape index (κ1) is 13.3. The van der Waals surface area contributed by atoms with Crippen molar-refractivity contribution in [3.63, 3.8) is 0 Å². The largest absolute Gasteiger partial charge is 0.501 e. The van der Waals surface area contributed by atoms with Crippen molar-refractivity contribution in [1.82, 2.24) is 0 Å². The van der Waals surface area contributed by atoms with E-state index in [0.29, 0.717) is 6.61 Å². The molecule has 0 aliphatic rings. The minimum atomic E-state index is -0.250. The predicted molar refractivity (Wildman–Crippen MR) is 67.5 cm³/mol. The van der Waals surface area contributed by atoms with E-state index in [4.69, 9.17) is 9.47 Å². The smallest absolute Gasteiger partial charge is 0.312 e. The molecule has 1 aromatic rings. The van der Waals surface area contributed by atoms with E-state index in [2.05, 4.69) is 0 Å². The van der Waals surface area contributed by atoms with E-state index >= 15 is 0 Å². The lowest BCUT2D eigenvalue weighted by atomic mass is 9.99. The van der Waals surface area contributed by atoms with Crippen molar-refractivity contribution in [2.45, 2.75) is 19.8 Å². The molecular weight excluding hydrogens is 216 g/mol. The molecule has 1 unspecified atom stereocenters. The van der Waals surface area contributed by atoms with Crippen LogP contribution in [0.1, 0.15) is 30.9 Å². The number of carbonyl (C=O) groups excluding carboxylic acids is 1. The van der Waals surface area contributed by atoms with Crippen molar-refractivity contribution < 1.29 is 14.3 Å². The number of carbonyl (C=O) groups is 1. The van der Waals surface area contributed by atoms with Gasteiger partial charge < -0.3 is 9.47 Å². The Morgan fingerprint density at radius 2 is 2.24 bits per heavy atom. The van der Waals surface area contributed by atoms with Crippen molar-refractivity contribution in [1.29, 1.82) is 0 Å². The fraction of sp³-hybridized carbons (Fsp3) is 0.357. The maximum atomic E-state index is 11.4. The lowest BCUT2D eigenvalue weighted by molar-refractivity contribution is -0.141. The van der Waals surface area contributed by atoms with Crippen LogP contribution < -0.4 is 0 Å². The standard InChI is InChI=1S/C14H18O3/c1-4-17-9-8-12-6-5-7-13(10-12)11(2)14(15)16-3/h5-11H,4H2,1-3H3/b9-8+. The summed E-state index contributed by atoms with van der Waals surface area (Å²) in [6, 6.07) is 7.75. The van der Waals surface area contributed by atoms with Crippen LogP contribution in [-0.2, 0) is 14.3 Å². The van der Waals surface area contributed by atoms with E-state index in [1.807, 2.05) is 44.2 Å². The molecule has 0 fully saturated rings. The zero-order valence-corrected chi connectivity index (χ0v) is 10.5. The number of hydrogen-bond acceptors (Lipinski definition) is 3. The summed E-state index contributed by atoms with van der Waals surface area (Å²) in [7, 11) is 1.40. The zero-order chi connectivity index (χ0) is 12.7. The second kappa shape index (κ2) is 6.74. The molecule has 17 heavy (non-hydrogen) atoms. The van der Waals surface area contributed by atoms with E-state index in [1.165, 1.54) is 7.11 Å². The molecule has 3 nitrogen and oxygen atoms in total. The van der Waals surface area contributed by atoms with Crippen LogP contribution in [0.15, 0.2) is 30.5 Å². The summed E-state index contributed by atoms with van der Waals surface area (Å²) in [6.45, 7) is 4.41. The third-order valence-corrected chi connectivity index (χ3v) is 2.49. The summed E-state index contributed by atoms with van der Waals surface area (Å²) in [5.41, 5.74) is 1.95. The highest BCUT2D eigenvalue weighted by molar-refractivity contribution is 5.77. The molecule has 0 N–H and O–H groups in total. The van der Waals surface area contributed by atoms with Crippen molar-refractivity contribution in [3.8, 4) is 0 Å². The highest BCUT2D eigenvalue weighted by atomic mass is 16.5. The molecule has 1 aromatic carbocycles. The van der Waals surface area contributed by atoms with Gasteiger partial charge in [0, 0.05) is 0 Å². The molecule has 0 spiro atoms. The first-order valence-corrected chi connectivity index (χ1v) is 5.65. The van der Waals surface area contributed by atoms with Gasteiger partial charge in [-0.3, -0.25) is 4.79 Å². The van der Waals surface area contributed by atoms with Gasteiger partial charge in [0.1, 0.15) is 0 Å².